The molecule has 0 bridgehead atoms. The van der Waals surface area contributed by atoms with E-state index in [1.807, 2.05) is 0 Å². The SMILES string of the molecule is CCOC1COC(c2cc(F)c(C(F)(F)Oc3ccc(-c4ccc(-c5cc(F)c(F)c(F)c5)c(F)c4)c(F)c3)c(F)c2)OC1. The molecule has 232 valence electrons. The Morgan fingerprint density at radius 1 is 0.682 bits per heavy atom. The number of hydrogen-bond acceptors (Lipinski definition) is 4. The molecule has 0 atom stereocenters. The average molecular weight is 628 g/mol. The van der Waals surface area contributed by atoms with E-state index in [2.05, 4.69) is 4.74 Å². The van der Waals surface area contributed by atoms with E-state index in [4.69, 9.17) is 14.2 Å². The van der Waals surface area contributed by atoms with Crippen molar-refractivity contribution in [1.29, 1.82) is 0 Å². The van der Waals surface area contributed by atoms with Crippen LogP contribution in [0, 0.1) is 40.7 Å². The third kappa shape index (κ3) is 6.40. The standard InChI is InChI=1S/C31H21F9O4/c1-2-41-19-13-42-30(43-14-19)17-10-24(34)28(25(35)11-17)31(39,40)44-18-4-6-20(23(33)12-18)15-3-5-21(22(32)7-15)16-8-26(36)29(38)27(37)9-16/h3-12,19,30H,2,13-14H2,1H3. The highest BCUT2D eigenvalue weighted by Gasteiger charge is 2.42. The zero-order valence-corrected chi connectivity index (χ0v) is 22.6. The molecule has 0 saturated carbocycles. The van der Waals surface area contributed by atoms with E-state index < -0.39 is 70.5 Å². The third-order valence-corrected chi connectivity index (χ3v) is 6.66. The number of ether oxygens (including phenoxy) is 4. The Labute approximate surface area is 244 Å². The molecule has 13 heteroatoms. The van der Waals surface area contributed by atoms with Gasteiger partial charge in [0.1, 0.15) is 40.7 Å². The summed E-state index contributed by atoms with van der Waals surface area (Å²) < 4.78 is 150. The largest absolute Gasteiger partial charge is 0.432 e. The fourth-order valence-electron chi connectivity index (χ4n) is 4.64. The second-order valence-corrected chi connectivity index (χ2v) is 9.64. The lowest BCUT2D eigenvalue weighted by atomic mass is 9.99. The fourth-order valence-corrected chi connectivity index (χ4v) is 4.64. The van der Waals surface area contributed by atoms with Crippen LogP contribution in [0.2, 0.25) is 0 Å². The molecular weight excluding hydrogens is 607 g/mol. The minimum Gasteiger partial charge on any atom is -0.429 e. The lowest BCUT2D eigenvalue weighted by Crippen LogP contribution is -2.33. The van der Waals surface area contributed by atoms with Crippen LogP contribution in [0.4, 0.5) is 39.5 Å². The topological polar surface area (TPSA) is 36.9 Å². The van der Waals surface area contributed by atoms with Crippen molar-refractivity contribution in [2.24, 2.45) is 0 Å². The maximum atomic E-state index is 14.9. The molecule has 4 aromatic carbocycles. The minimum absolute atomic E-state index is 0.0509. The molecule has 0 spiro atoms. The van der Waals surface area contributed by atoms with Gasteiger partial charge in [-0.2, -0.15) is 8.78 Å². The summed E-state index contributed by atoms with van der Waals surface area (Å²) in [5.74, 6) is -11.2. The number of alkyl halides is 2. The van der Waals surface area contributed by atoms with Crippen LogP contribution in [0.3, 0.4) is 0 Å². The van der Waals surface area contributed by atoms with E-state index in [1.54, 1.807) is 6.92 Å². The smallest absolute Gasteiger partial charge is 0.429 e. The van der Waals surface area contributed by atoms with Crippen LogP contribution < -0.4 is 4.74 Å². The van der Waals surface area contributed by atoms with Crippen LogP contribution in [-0.4, -0.2) is 25.9 Å². The zero-order chi connectivity index (χ0) is 31.8. The Kier molecular flexibility index (Phi) is 8.91. The van der Waals surface area contributed by atoms with Crippen molar-refractivity contribution in [3.05, 3.63) is 113 Å². The first-order valence-electron chi connectivity index (χ1n) is 13.0. The fraction of sp³-hybridized carbons (Fsp3) is 0.226. The highest BCUT2D eigenvalue weighted by molar-refractivity contribution is 5.72. The van der Waals surface area contributed by atoms with Gasteiger partial charge in [0.2, 0.25) is 0 Å². The first kappa shape index (κ1) is 31.4. The number of benzene rings is 4. The maximum absolute atomic E-state index is 14.9. The van der Waals surface area contributed by atoms with E-state index in [0.29, 0.717) is 36.9 Å². The van der Waals surface area contributed by atoms with Gasteiger partial charge in [-0.1, -0.05) is 12.1 Å². The van der Waals surface area contributed by atoms with Crippen molar-refractivity contribution >= 4 is 0 Å². The summed E-state index contributed by atoms with van der Waals surface area (Å²) in [6, 6.07) is 7.75. The lowest BCUT2D eigenvalue weighted by Gasteiger charge is -2.29. The number of halogens is 9. The summed E-state index contributed by atoms with van der Waals surface area (Å²) in [7, 11) is 0. The predicted molar refractivity (Wildman–Crippen MR) is 138 cm³/mol. The van der Waals surface area contributed by atoms with Crippen LogP contribution in [0.25, 0.3) is 22.3 Å². The molecule has 1 fully saturated rings. The van der Waals surface area contributed by atoms with E-state index in [-0.39, 0.29) is 41.0 Å². The summed E-state index contributed by atoms with van der Waals surface area (Å²) in [5.41, 5.74) is -2.96. The molecule has 4 nitrogen and oxygen atoms in total. The molecule has 0 aliphatic carbocycles. The average Bonchev–Trinajstić information content (AvgIpc) is 2.95. The monoisotopic (exact) mass is 628 g/mol. The molecule has 44 heavy (non-hydrogen) atoms. The first-order valence-corrected chi connectivity index (χ1v) is 13.0. The van der Waals surface area contributed by atoms with Gasteiger partial charge in [0.25, 0.3) is 0 Å². The minimum atomic E-state index is -4.59. The number of hydrogen-bond donors (Lipinski definition) is 0. The molecule has 0 radical (unpaired) electrons. The van der Waals surface area contributed by atoms with E-state index in [0.717, 1.165) is 24.3 Å². The second kappa shape index (κ2) is 12.5. The molecule has 1 aliphatic heterocycles. The predicted octanol–water partition coefficient (Wildman–Crippen LogP) is 8.57. The highest BCUT2D eigenvalue weighted by atomic mass is 19.3. The van der Waals surface area contributed by atoms with Crippen LogP contribution in [0.15, 0.2) is 60.7 Å². The van der Waals surface area contributed by atoms with Gasteiger partial charge in [-0.25, -0.2) is 30.7 Å². The van der Waals surface area contributed by atoms with E-state index in [1.165, 1.54) is 6.07 Å². The van der Waals surface area contributed by atoms with Crippen LogP contribution in [0.1, 0.15) is 24.3 Å². The van der Waals surface area contributed by atoms with Crippen LogP contribution >= 0.6 is 0 Å². The van der Waals surface area contributed by atoms with Gasteiger partial charge in [0, 0.05) is 29.4 Å². The molecule has 4 aromatic rings. The van der Waals surface area contributed by atoms with Crippen molar-refractivity contribution in [3.8, 4) is 28.0 Å². The summed E-state index contributed by atoms with van der Waals surface area (Å²) in [4.78, 5) is 0. The Hall–Kier alpha value is -4.07. The third-order valence-electron chi connectivity index (χ3n) is 6.66. The normalized spacial score (nSPS) is 17.1. The molecule has 0 amide bonds. The molecule has 1 saturated heterocycles. The van der Waals surface area contributed by atoms with Gasteiger partial charge >= 0.3 is 6.11 Å². The second-order valence-electron chi connectivity index (χ2n) is 9.64. The van der Waals surface area contributed by atoms with Crippen molar-refractivity contribution in [3.63, 3.8) is 0 Å². The lowest BCUT2D eigenvalue weighted by molar-refractivity contribution is -0.230. The van der Waals surface area contributed by atoms with Gasteiger partial charge < -0.3 is 18.9 Å². The maximum Gasteiger partial charge on any atom is 0.432 e. The summed E-state index contributed by atoms with van der Waals surface area (Å²) in [6.45, 7) is 2.25. The summed E-state index contributed by atoms with van der Waals surface area (Å²) in [5, 5.41) is 0. The van der Waals surface area contributed by atoms with Crippen molar-refractivity contribution in [2.75, 3.05) is 19.8 Å². The molecule has 0 N–H and O–H groups in total. The molecule has 5 rings (SSSR count). The molecule has 0 aromatic heterocycles. The van der Waals surface area contributed by atoms with E-state index >= 15 is 0 Å². The molecule has 1 heterocycles. The van der Waals surface area contributed by atoms with Gasteiger partial charge in [-0.15, -0.1) is 0 Å². The van der Waals surface area contributed by atoms with Crippen molar-refractivity contribution in [1.82, 2.24) is 0 Å². The van der Waals surface area contributed by atoms with Crippen LogP contribution in [0.5, 0.6) is 5.75 Å². The molecular formula is C31H21F9O4. The highest BCUT2D eigenvalue weighted by Crippen LogP contribution is 2.39. The Morgan fingerprint density at radius 2 is 1.23 bits per heavy atom. The Balaban J connectivity index is 1.34. The van der Waals surface area contributed by atoms with Gasteiger partial charge in [-0.05, 0) is 60.5 Å². The summed E-state index contributed by atoms with van der Waals surface area (Å²) >= 11 is 0. The van der Waals surface area contributed by atoms with Crippen molar-refractivity contribution in [2.45, 2.75) is 25.4 Å². The zero-order valence-electron chi connectivity index (χ0n) is 22.6. The van der Waals surface area contributed by atoms with Gasteiger partial charge in [0.15, 0.2) is 23.7 Å². The molecule has 1 aliphatic rings. The first-order chi connectivity index (χ1) is 20.9. The van der Waals surface area contributed by atoms with Crippen molar-refractivity contribution < 1.29 is 58.5 Å². The Bertz CT molecular complexity index is 1640. The van der Waals surface area contributed by atoms with E-state index in [9.17, 15) is 39.5 Å². The molecule has 0 unspecified atom stereocenters. The summed E-state index contributed by atoms with van der Waals surface area (Å²) in [6.07, 6.45) is -6.22. The van der Waals surface area contributed by atoms with Crippen LogP contribution in [-0.2, 0) is 20.3 Å². The van der Waals surface area contributed by atoms with Gasteiger partial charge in [-0.3, -0.25) is 0 Å². The number of rotatable bonds is 8. The Morgan fingerprint density at radius 3 is 1.80 bits per heavy atom. The quantitative estimate of drug-likeness (QED) is 0.145. The van der Waals surface area contributed by atoms with Gasteiger partial charge in [0.05, 0.1) is 13.2 Å².